The molecule has 0 aliphatic carbocycles. The quantitative estimate of drug-likeness (QED) is 0.709. The van der Waals surface area contributed by atoms with Crippen molar-refractivity contribution in [1.82, 2.24) is 14.9 Å². The van der Waals surface area contributed by atoms with Gasteiger partial charge in [-0.15, -0.1) is 0 Å². The molecule has 27 heavy (non-hydrogen) atoms. The van der Waals surface area contributed by atoms with Gasteiger partial charge in [0.05, 0.1) is 25.5 Å². The van der Waals surface area contributed by atoms with E-state index in [-0.39, 0.29) is 11.8 Å². The average molecular weight is 371 g/mol. The van der Waals surface area contributed by atoms with Gasteiger partial charge in [0.2, 0.25) is 0 Å². The van der Waals surface area contributed by atoms with Crippen LogP contribution in [0.2, 0.25) is 0 Å². The van der Waals surface area contributed by atoms with E-state index in [0.717, 1.165) is 38.4 Å². The number of hydrogen-bond donors (Lipinski definition) is 2. The SMILES string of the molecule is Cc1ccc(O)c(C=NCc2cc(N)nc(OCCN3CCOCC3)n2)c1. The number of ether oxygens (including phenoxy) is 2. The van der Waals surface area contributed by atoms with E-state index >= 15 is 0 Å². The number of hydrogen-bond acceptors (Lipinski definition) is 8. The molecule has 1 aliphatic rings. The van der Waals surface area contributed by atoms with Crippen LogP contribution in [0.4, 0.5) is 5.82 Å². The molecule has 0 amide bonds. The topological polar surface area (TPSA) is 106 Å². The van der Waals surface area contributed by atoms with Gasteiger partial charge < -0.3 is 20.3 Å². The molecule has 1 aromatic carbocycles. The second kappa shape index (κ2) is 9.29. The van der Waals surface area contributed by atoms with Crippen molar-refractivity contribution in [2.24, 2.45) is 4.99 Å². The standard InChI is InChI=1S/C19H25N5O3/c1-14-2-3-17(25)15(10-14)12-21-13-16-11-18(20)23-19(22-16)27-9-6-24-4-7-26-8-5-24/h2-3,10-12,25H,4-9,13H2,1H3,(H2,20,22,23). The normalized spacial score (nSPS) is 15.3. The summed E-state index contributed by atoms with van der Waals surface area (Å²) in [6, 6.07) is 7.29. The Morgan fingerprint density at radius 1 is 1.30 bits per heavy atom. The molecule has 144 valence electrons. The monoisotopic (exact) mass is 371 g/mol. The maximum atomic E-state index is 9.86. The minimum Gasteiger partial charge on any atom is -0.507 e. The van der Waals surface area contributed by atoms with Gasteiger partial charge in [-0.3, -0.25) is 9.89 Å². The first-order valence-corrected chi connectivity index (χ1v) is 8.96. The molecule has 8 heteroatoms. The number of nitrogens with two attached hydrogens (primary N) is 1. The van der Waals surface area contributed by atoms with Crippen LogP contribution < -0.4 is 10.5 Å². The summed E-state index contributed by atoms with van der Waals surface area (Å²) >= 11 is 0. The number of anilines is 1. The van der Waals surface area contributed by atoms with Gasteiger partial charge in [-0.05, 0) is 19.1 Å². The van der Waals surface area contributed by atoms with Gasteiger partial charge in [-0.1, -0.05) is 11.6 Å². The van der Waals surface area contributed by atoms with Crippen LogP contribution in [0.3, 0.4) is 0 Å². The number of rotatable bonds is 7. The van der Waals surface area contributed by atoms with E-state index in [1.165, 1.54) is 0 Å². The molecule has 0 saturated carbocycles. The number of aliphatic imine (C=N–C) groups is 1. The number of phenols is 1. The van der Waals surface area contributed by atoms with E-state index in [0.29, 0.717) is 30.2 Å². The first-order valence-electron chi connectivity index (χ1n) is 8.96. The molecule has 0 radical (unpaired) electrons. The van der Waals surface area contributed by atoms with E-state index in [1.807, 2.05) is 19.1 Å². The number of aryl methyl sites for hydroxylation is 1. The van der Waals surface area contributed by atoms with Crippen molar-refractivity contribution in [3.05, 3.63) is 41.1 Å². The highest BCUT2D eigenvalue weighted by atomic mass is 16.5. The van der Waals surface area contributed by atoms with Crippen LogP contribution in [-0.4, -0.2) is 65.6 Å². The zero-order chi connectivity index (χ0) is 19.1. The maximum absolute atomic E-state index is 9.86. The van der Waals surface area contributed by atoms with Crippen LogP contribution in [0.25, 0.3) is 0 Å². The first-order chi connectivity index (χ1) is 13.1. The third-order valence-corrected chi connectivity index (χ3v) is 4.19. The average Bonchev–Trinajstić information content (AvgIpc) is 2.65. The van der Waals surface area contributed by atoms with Crippen LogP contribution in [0.5, 0.6) is 11.8 Å². The van der Waals surface area contributed by atoms with Crippen molar-refractivity contribution in [2.45, 2.75) is 13.5 Å². The molecule has 0 atom stereocenters. The molecule has 3 N–H and O–H groups in total. The zero-order valence-electron chi connectivity index (χ0n) is 15.5. The molecule has 2 aromatic rings. The Hall–Kier alpha value is -2.71. The predicted octanol–water partition coefficient (Wildman–Crippen LogP) is 1.40. The van der Waals surface area contributed by atoms with Crippen LogP contribution >= 0.6 is 0 Å². The molecular formula is C19H25N5O3. The Labute approximate surface area is 158 Å². The van der Waals surface area contributed by atoms with Gasteiger partial charge in [0, 0.05) is 37.5 Å². The van der Waals surface area contributed by atoms with Gasteiger partial charge in [0.25, 0.3) is 0 Å². The molecular weight excluding hydrogens is 346 g/mol. The molecule has 1 aromatic heterocycles. The third kappa shape index (κ3) is 5.90. The summed E-state index contributed by atoms with van der Waals surface area (Å²) in [7, 11) is 0. The molecule has 1 aliphatic heterocycles. The van der Waals surface area contributed by atoms with Crippen molar-refractivity contribution in [1.29, 1.82) is 0 Å². The fourth-order valence-electron chi connectivity index (χ4n) is 2.74. The summed E-state index contributed by atoms with van der Waals surface area (Å²) in [4.78, 5) is 15.1. The summed E-state index contributed by atoms with van der Waals surface area (Å²) < 4.78 is 11.0. The zero-order valence-corrected chi connectivity index (χ0v) is 15.5. The smallest absolute Gasteiger partial charge is 0.318 e. The van der Waals surface area contributed by atoms with Crippen molar-refractivity contribution in [3.63, 3.8) is 0 Å². The lowest BCUT2D eigenvalue weighted by Gasteiger charge is -2.26. The largest absolute Gasteiger partial charge is 0.507 e. The minimum absolute atomic E-state index is 0.193. The van der Waals surface area contributed by atoms with E-state index in [9.17, 15) is 5.11 Å². The number of nitrogen functional groups attached to an aromatic ring is 1. The molecule has 0 bridgehead atoms. The predicted molar refractivity (Wildman–Crippen MR) is 103 cm³/mol. The molecule has 1 saturated heterocycles. The van der Waals surface area contributed by atoms with Crippen LogP contribution in [-0.2, 0) is 11.3 Å². The molecule has 1 fully saturated rings. The summed E-state index contributed by atoms with van der Waals surface area (Å²) in [5.74, 6) is 0.536. The number of phenolic OH excluding ortho intramolecular Hbond substituents is 1. The van der Waals surface area contributed by atoms with Gasteiger partial charge in [0.1, 0.15) is 18.2 Å². The van der Waals surface area contributed by atoms with E-state index in [2.05, 4.69) is 19.9 Å². The Bertz CT molecular complexity index is 791. The van der Waals surface area contributed by atoms with Crippen molar-refractivity contribution in [2.75, 3.05) is 45.2 Å². The highest BCUT2D eigenvalue weighted by molar-refractivity contribution is 5.83. The third-order valence-electron chi connectivity index (χ3n) is 4.19. The lowest BCUT2D eigenvalue weighted by molar-refractivity contribution is 0.0317. The van der Waals surface area contributed by atoms with E-state index < -0.39 is 0 Å². The Balaban J connectivity index is 1.56. The number of aromatic hydroxyl groups is 1. The molecule has 3 rings (SSSR count). The van der Waals surface area contributed by atoms with E-state index in [4.69, 9.17) is 15.2 Å². The van der Waals surface area contributed by atoms with E-state index in [1.54, 1.807) is 18.3 Å². The minimum atomic E-state index is 0.193. The number of nitrogens with zero attached hydrogens (tertiary/aromatic N) is 4. The highest BCUT2D eigenvalue weighted by Gasteiger charge is 2.10. The number of aromatic nitrogens is 2. The molecule has 0 spiro atoms. The molecule has 2 heterocycles. The summed E-state index contributed by atoms with van der Waals surface area (Å²) in [6.07, 6.45) is 1.62. The number of benzene rings is 1. The Morgan fingerprint density at radius 2 is 2.11 bits per heavy atom. The second-order valence-corrected chi connectivity index (χ2v) is 6.40. The van der Waals surface area contributed by atoms with Gasteiger partial charge in [-0.25, -0.2) is 0 Å². The lowest BCUT2D eigenvalue weighted by Crippen LogP contribution is -2.38. The second-order valence-electron chi connectivity index (χ2n) is 6.40. The fraction of sp³-hybridized carbons (Fsp3) is 0.421. The van der Waals surface area contributed by atoms with Crippen LogP contribution in [0.1, 0.15) is 16.8 Å². The van der Waals surface area contributed by atoms with Gasteiger partial charge >= 0.3 is 6.01 Å². The fourth-order valence-corrected chi connectivity index (χ4v) is 2.74. The Morgan fingerprint density at radius 3 is 2.93 bits per heavy atom. The van der Waals surface area contributed by atoms with Crippen LogP contribution in [0, 0.1) is 6.92 Å². The van der Waals surface area contributed by atoms with Crippen molar-refractivity contribution < 1.29 is 14.6 Å². The van der Waals surface area contributed by atoms with Crippen molar-refractivity contribution >= 4 is 12.0 Å². The Kier molecular flexibility index (Phi) is 6.56. The summed E-state index contributed by atoms with van der Waals surface area (Å²) in [6.45, 7) is 6.90. The molecule has 8 nitrogen and oxygen atoms in total. The first kappa shape index (κ1) is 19.1. The summed E-state index contributed by atoms with van der Waals surface area (Å²) in [5.41, 5.74) is 8.23. The van der Waals surface area contributed by atoms with Gasteiger partial charge in [-0.2, -0.15) is 9.97 Å². The van der Waals surface area contributed by atoms with Crippen LogP contribution in [0.15, 0.2) is 29.3 Å². The maximum Gasteiger partial charge on any atom is 0.318 e. The van der Waals surface area contributed by atoms with Gasteiger partial charge in [0.15, 0.2) is 0 Å². The highest BCUT2D eigenvalue weighted by Crippen LogP contribution is 2.16. The summed E-state index contributed by atoms with van der Waals surface area (Å²) in [5, 5.41) is 9.86. The number of morpholine rings is 1. The lowest BCUT2D eigenvalue weighted by atomic mass is 10.1. The van der Waals surface area contributed by atoms with Crippen molar-refractivity contribution in [3.8, 4) is 11.8 Å². The molecule has 0 unspecified atom stereocenters.